The van der Waals surface area contributed by atoms with Crippen molar-refractivity contribution in [2.24, 2.45) is 0 Å². The zero-order valence-electron chi connectivity index (χ0n) is 17.2. The van der Waals surface area contributed by atoms with Crippen molar-refractivity contribution in [3.8, 4) is 0 Å². The second-order valence-electron chi connectivity index (χ2n) is 7.13. The van der Waals surface area contributed by atoms with E-state index in [4.69, 9.17) is 4.74 Å². The van der Waals surface area contributed by atoms with Gasteiger partial charge in [-0.05, 0) is 42.5 Å². The second kappa shape index (κ2) is 10.00. The largest absolute Gasteiger partial charge is 0.376 e. The van der Waals surface area contributed by atoms with Gasteiger partial charge in [-0.25, -0.2) is 12.8 Å². The first-order chi connectivity index (χ1) is 14.4. The number of carbonyl (C=O) groups excluding carboxylic acids is 1. The zero-order chi connectivity index (χ0) is 21.7. The van der Waals surface area contributed by atoms with Gasteiger partial charge >= 0.3 is 0 Å². The van der Waals surface area contributed by atoms with Crippen LogP contribution in [0.5, 0.6) is 0 Å². The van der Waals surface area contributed by atoms with Gasteiger partial charge in [0.1, 0.15) is 5.82 Å². The lowest BCUT2D eigenvalue weighted by molar-refractivity contribution is 0.0506. The first kappa shape index (κ1) is 22.9. The summed E-state index contributed by atoms with van der Waals surface area (Å²) in [7, 11) is -3.80. The highest BCUT2D eigenvalue weighted by Gasteiger charge is 2.28. The van der Waals surface area contributed by atoms with Crippen LogP contribution >= 0.6 is 11.3 Å². The van der Waals surface area contributed by atoms with Gasteiger partial charge in [0, 0.05) is 31.1 Å². The van der Waals surface area contributed by atoms with Crippen LogP contribution < -0.4 is 0 Å². The molecule has 0 saturated carbocycles. The first-order valence-corrected chi connectivity index (χ1v) is 12.4. The predicted octanol–water partition coefficient (Wildman–Crippen LogP) is 3.74. The van der Waals surface area contributed by atoms with E-state index in [9.17, 15) is 17.6 Å². The lowest BCUT2D eigenvalue weighted by Gasteiger charge is -2.26. The fraction of sp³-hybridized carbons (Fsp3) is 0.476. The van der Waals surface area contributed by atoms with Crippen molar-refractivity contribution in [1.82, 2.24) is 9.21 Å². The van der Waals surface area contributed by atoms with Gasteiger partial charge in [0.2, 0.25) is 10.0 Å². The Kier molecular flexibility index (Phi) is 7.62. The average Bonchev–Trinajstić information content (AvgIpc) is 3.42. The van der Waals surface area contributed by atoms with E-state index in [0.717, 1.165) is 29.9 Å². The summed E-state index contributed by atoms with van der Waals surface area (Å²) in [6.07, 6.45) is 1.67. The molecule has 0 aliphatic carbocycles. The molecule has 0 spiro atoms. The molecule has 0 N–H and O–H groups in total. The molecule has 1 saturated heterocycles. The molecule has 1 unspecified atom stereocenters. The van der Waals surface area contributed by atoms with Crippen molar-refractivity contribution in [3.63, 3.8) is 0 Å². The highest BCUT2D eigenvalue weighted by molar-refractivity contribution is 7.89. The van der Waals surface area contributed by atoms with Gasteiger partial charge in [-0.1, -0.05) is 19.9 Å². The van der Waals surface area contributed by atoms with Gasteiger partial charge in [0.05, 0.1) is 23.1 Å². The molecule has 0 radical (unpaired) electrons. The number of sulfonamides is 1. The molecular formula is C21H27FN2O4S2. The van der Waals surface area contributed by atoms with Crippen LogP contribution in [0.4, 0.5) is 4.39 Å². The Morgan fingerprint density at radius 1 is 1.27 bits per heavy atom. The van der Waals surface area contributed by atoms with E-state index in [-0.39, 0.29) is 16.6 Å². The van der Waals surface area contributed by atoms with Crippen LogP contribution in [0.25, 0.3) is 0 Å². The van der Waals surface area contributed by atoms with Gasteiger partial charge in [0.25, 0.3) is 5.91 Å². The van der Waals surface area contributed by atoms with E-state index in [1.165, 1.54) is 21.7 Å². The molecule has 1 amide bonds. The van der Waals surface area contributed by atoms with Gasteiger partial charge in [-0.15, -0.1) is 11.3 Å². The van der Waals surface area contributed by atoms with Crippen LogP contribution in [0.3, 0.4) is 0 Å². The van der Waals surface area contributed by atoms with Crippen LogP contribution in [0.2, 0.25) is 0 Å². The van der Waals surface area contributed by atoms with Crippen molar-refractivity contribution >= 4 is 27.3 Å². The second-order valence-corrected chi connectivity index (χ2v) is 10.1. The van der Waals surface area contributed by atoms with E-state index < -0.39 is 21.7 Å². The molecule has 1 aromatic carbocycles. The maximum absolute atomic E-state index is 14.6. The Hall–Kier alpha value is -1.81. The molecule has 6 nitrogen and oxygen atoms in total. The summed E-state index contributed by atoms with van der Waals surface area (Å²) in [6.45, 7) is 5.37. The molecule has 1 aliphatic heterocycles. The molecule has 1 atom stereocenters. The van der Waals surface area contributed by atoms with Gasteiger partial charge in [-0.2, -0.15) is 4.31 Å². The van der Waals surface area contributed by atoms with Crippen molar-refractivity contribution in [2.45, 2.75) is 44.2 Å². The Bertz CT molecular complexity index is 953. The molecule has 30 heavy (non-hydrogen) atoms. The summed E-state index contributed by atoms with van der Waals surface area (Å²) in [5.41, 5.74) is -0.238. The Labute approximate surface area is 181 Å². The Morgan fingerprint density at radius 3 is 2.63 bits per heavy atom. The number of hydrogen-bond donors (Lipinski definition) is 0. The van der Waals surface area contributed by atoms with Crippen molar-refractivity contribution in [3.05, 3.63) is 52.0 Å². The molecule has 1 aliphatic rings. The summed E-state index contributed by atoms with van der Waals surface area (Å²) in [6, 6.07) is 7.23. The number of halogens is 1. The summed E-state index contributed by atoms with van der Waals surface area (Å²) in [4.78, 5) is 15.7. The Balaban J connectivity index is 1.93. The maximum atomic E-state index is 14.6. The fourth-order valence-corrected chi connectivity index (χ4v) is 5.76. The maximum Gasteiger partial charge on any atom is 0.257 e. The molecule has 164 valence electrons. The molecule has 2 heterocycles. The average molecular weight is 455 g/mol. The van der Waals surface area contributed by atoms with Crippen molar-refractivity contribution in [1.29, 1.82) is 0 Å². The molecule has 1 aromatic heterocycles. The quantitative estimate of drug-likeness (QED) is 0.579. The number of thiophene rings is 1. The van der Waals surface area contributed by atoms with E-state index in [1.54, 1.807) is 18.7 Å². The molecule has 1 fully saturated rings. The molecular weight excluding hydrogens is 427 g/mol. The molecule has 0 bridgehead atoms. The number of rotatable bonds is 9. The van der Waals surface area contributed by atoms with Crippen LogP contribution in [0.1, 0.15) is 41.9 Å². The first-order valence-electron chi connectivity index (χ1n) is 10.1. The van der Waals surface area contributed by atoms with Crippen LogP contribution in [0, 0.1) is 5.82 Å². The zero-order valence-corrected chi connectivity index (χ0v) is 18.8. The normalized spacial score (nSPS) is 16.9. The van der Waals surface area contributed by atoms with Crippen LogP contribution in [-0.2, 0) is 21.3 Å². The monoisotopic (exact) mass is 454 g/mol. The van der Waals surface area contributed by atoms with Gasteiger partial charge < -0.3 is 9.64 Å². The van der Waals surface area contributed by atoms with E-state index in [1.807, 2.05) is 17.5 Å². The molecule has 3 rings (SSSR count). The van der Waals surface area contributed by atoms with Crippen molar-refractivity contribution < 1.29 is 22.3 Å². The highest BCUT2D eigenvalue weighted by Crippen LogP contribution is 2.23. The van der Waals surface area contributed by atoms with E-state index in [2.05, 4.69) is 0 Å². The fourth-order valence-electron chi connectivity index (χ4n) is 3.56. The topological polar surface area (TPSA) is 66.9 Å². The highest BCUT2D eigenvalue weighted by atomic mass is 32.2. The summed E-state index contributed by atoms with van der Waals surface area (Å²) in [5, 5.41) is 1.92. The van der Waals surface area contributed by atoms with Crippen molar-refractivity contribution in [2.75, 3.05) is 26.2 Å². The third kappa shape index (κ3) is 5.08. The third-order valence-corrected chi connectivity index (χ3v) is 8.08. The molecule has 9 heteroatoms. The Morgan fingerprint density at radius 2 is 2.03 bits per heavy atom. The number of benzene rings is 1. The lowest BCUT2D eigenvalue weighted by Crippen LogP contribution is -2.37. The number of carbonyl (C=O) groups is 1. The standard InChI is InChI=1S/C21H27FN2O4S2/c1-3-24(4-2)30(26,27)18-9-10-20(22)19(13-18)21(25)23(14-16-7-5-11-28-16)15-17-8-6-12-29-17/h6,8-10,12-13,16H,3-5,7,11,14-15H2,1-2H3. The summed E-state index contributed by atoms with van der Waals surface area (Å²) < 4.78 is 47.3. The van der Waals surface area contributed by atoms with Crippen LogP contribution in [-0.4, -0.2) is 55.9 Å². The third-order valence-electron chi connectivity index (χ3n) is 5.17. The van der Waals surface area contributed by atoms with Crippen LogP contribution in [0.15, 0.2) is 40.6 Å². The summed E-state index contributed by atoms with van der Waals surface area (Å²) >= 11 is 1.51. The van der Waals surface area contributed by atoms with Gasteiger partial charge in [-0.3, -0.25) is 4.79 Å². The SMILES string of the molecule is CCN(CC)S(=O)(=O)c1ccc(F)c(C(=O)N(Cc2cccs2)CC2CCCO2)c1. The minimum atomic E-state index is -3.80. The number of nitrogens with zero attached hydrogens (tertiary/aromatic N) is 2. The molecule has 2 aromatic rings. The van der Waals surface area contributed by atoms with E-state index in [0.29, 0.717) is 32.8 Å². The predicted molar refractivity (Wildman–Crippen MR) is 115 cm³/mol. The van der Waals surface area contributed by atoms with E-state index >= 15 is 0 Å². The summed E-state index contributed by atoms with van der Waals surface area (Å²) in [5.74, 6) is -1.27. The minimum absolute atomic E-state index is 0.0795. The number of hydrogen-bond acceptors (Lipinski definition) is 5. The van der Waals surface area contributed by atoms with Gasteiger partial charge in [0.15, 0.2) is 0 Å². The smallest absolute Gasteiger partial charge is 0.257 e. The number of amides is 1. The minimum Gasteiger partial charge on any atom is -0.376 e. The number of ether oxygens (including phenoxy) is 1. The lowest BCUT2D eigenvalue weighted by atomic mass is 10.1.